The standard InChI is InChI=1S/C13H15BrFNO3/c1-8(2)16(7-6-11(17)18)13(19)9-4-3-5-10(15)12(9)14/h3-5,8H,6-7H2,1-2H3,(H,17,18). The number of carboxylic acid groups (broad SMARTS) is 1. The van der Waals surface area contributed by atoms with E-state index in [1.54, 1.807) is 13.8 Å². The van der Waals surface area contributed by atoms with Gasteiger partial charge in [0.1, 0.15) is 5.82 Å². The zero-order chi connectivity index (χ0) is 14.6. The lowest BCUT2D eigenvalue weighted by molar-refractivity contribution is -0.137. The molecule has 0 aromatic heterocycles. The first kappa shape index (κ1) is 15.6. The summed E-state index contributed by atoms with van der Waals surface area (Å²) in [4.78, 5) is 24.3. The molecule has 0 bridgehead atoms. The van der Waals surface area contributed by atoms with E-state index in [0.29, 0.717) is 0 Å². The van der Waals surface area contributed by atoms with Crippen LogP contribution in [0.15, 0.2) is 22.7 Å². The Labute approximate surface area is 119 Å². The van der Waals surface area contributed by atoms with Crippen molar-refractivity contribution >= 4 is 27.8 Å². The van der Waals surface area contributed by atoms with Crippen molar-refractivity contribution in [1.82, 2.24) is 4.90 Å². The first-order chi connectivity index (χ1) is 8.84. The molecule has 0 saturated carbocycles. The maximum absolute atomic E-state index is 13.4. The molecule has 104 valence electrons. The zero-order valence-electron chi connectivity index (χ0n) is 10.7. The molecule has 0 saturated heterocycles. The highest BCUT2D eigenvalue weighted by atomic mass is 79.9. The molecule has 6 heteroatoms. The van der Waals surface area contributed by atoms with Gasteiger partial charge in [-0.3, -0.25) is 9.59 Å². The van der Waals surface area contributed by atoms with Crippen LogP contribution in [0.4, 0.5) is 4.39 Å². The highest BCUT2D eigenvalue weighted by Crippen LogP contribution is 2.22. The molecule has 0 spiro atoms. The summed E-state index contributed by atoms with van der Waals surface area (Å²) in [6, 6.07) is 4.04. The van der Waals surface area contributed by atoms with Gasteiger partial charge < -0.3 is 10.0 Å². The summed E-state index contributed by atoms with van der Waals surface area (Å²) in [6.45, 7) is 3.66. The second kappa shape index (κ2) is 6.65. The number of hydrogen-bond donors (Lipinski definition) is 1. The molecule has 0 fully saturated rings. The summed E-state index contributed by atoms with van der Waals surface area (Å²) in [7, 11) is 0. The number of hydrogen-bond acceptors (Lipinski definition) is 2. The van der Waals surface area contributed by atoms with Crippen LogP contribution in [0.5, 0.6) is 0 Å². The Hall–Kier alpha value is -1.43. The van der Waals surface area contributed by atoms with E-state index < -0.39 is 11.8 Å². The molecular weight excluding hydrogens is 317 g/mol. The van der Waals surface area contributed by atoms with Gasteiger partial charge in [-0.25, -0.2) is 4.39 Å². The molecular formula is C13H15BrFNO3. The average molecular weight is 332 g/mol. The van der Waals surface area contributed by atoms with Crippen LogP contribution in [-0.4, -0.2) is 34.5 Å². The van der Waals surface area contributed by atoms with Crippen LogP contribution in [0.1, 0.15) is 30.6 Å². The second-order valence-corrected chi connectivity index (χ2v) is 5.13. The number of amides is 1. The van der Waals surface area contributed by atoms with Crippen LogP contribution in [0.25, 0.3) is 0 Å². The third kappa shape index (κ3) is 4.02. The quantitative estimate of drug-likeness (QED) is 0.902. The van der Waals surface area contributed by atoms with Gasteiger partial charge in [-0.1, -0.05) is 6.07 Å². The molecule has 0 aliphatic rings. The van der Waals surface area contributed by atoms with Crippen molar-refractivity contribution in [1.29, 1.82) is 0 Å². The minimum absolute atomic E-state index is 0.0921. The molecule has 0 aliphatic heterocycles. The van der Waals surface area contributed by atoms with Crippen molar-refractivity contribution in [2.45, 2.75) is 26.3 Å². The molecule has 0 aliphatic carbocycles. The Morgan fingerprint density at radius 3 is 2.58 bits per heavy atom. The molecule has 1 rings (SSSR count). The van der Waals surface area contributed by atoms with Crippen LogP contribution in [0.2, 0.25) is 0 Å². The first-order valence-corrected chi connectivity index (χ1v) is 6.60. The maximum Gasteiger partial charge on any atom is 0.305 e. The number of carbonyl (C=O) groups excluding carboxylic acids is 1. The summed E-state index contributed by atoms with van der Waals surface area (Å²) in [5.74, 6) is -1.88. The summed E-state index contributed by atoms with van der Waals surface area (Å²) in [5, 5.41) is 8.69. The number of carboxylic acids is 1. The van der Waals surface area contributed by atoms with Gasteiger partial charge in [0.05, 0.1) is 16.5 Å². The summed E-state index contributed by atoms with van der Waals surface area (Å²) < 4.78 is 13.5. The Bertz CT molecular complexity index is 491. The summed E-state index contributed by atoms with van der Waals surface area (Å²) >= 11 is 3.04. The van der Waals surface area contributed by atoms with Crippen LogP contribution in [-0.2, 0) is 4.79 Å². The van der Waals surface area contributed by atoms with Gasteiger partial charge in [-0.05, 0) is 41.9 Å². The van der Waals surface area contributed by atoms with E-state index in [1.807, 2.05) is 0 Å². The minimum Gasteiger partial charge on any atom is -0.481 e. The van der Waals surface area contributed by atoms with Crippen molar-refractivity contribution in [3.63, 3.8) is 0 Å². The van der Waals surface area contributed by atoms with Gasteiger partial charge in [0.2, 0.25) is 0 Å². The summed E-state index contributed by atoms with van der Waals surface area (Å²) in [5.41, 5.74) is 0.194. The van der Waals surface area contributed by atoms with E-state index >= 15 is 0 Å². The fourth-order valence-electron chi connectivity index (χ4n) is 1.63. The zero-order valence-corrected chi connectivity index (χ0v) is 12.3. The molecule has 19 heavy (non-hydrogen) atoms. The number of aliphatic carboxylic acids is 1. The Morgan fingerprint density at radius 1 is 1.42 bits per heavy atom. The Kier molecular flexibility index (Phi) is 5.47. The van der Waals surface area contributed by atoms with Crippen molar-refractivity contribution < 1.29 is 19.1 Å². The summed E-state index contributed by atoms with van der Waals surface area (Å²) in [6.07, 6.45) is -0.142. The predicted molar refractivity (Wildman–Crippen MR) is 72.5 cm³/mol. The highest BCUT2D eigenvalue weighted by molar-refractivity contribution is 9.10. The van der Waals surface area contributed by atoms with Crippen LogP contribution < -0.4 is 0 Å². The highest BCUT2D eigenvalue weighted by Gasteiger charge is 2.22. The first-order valence-electron chi connectivity index (χ1n) is 5.81. The molecule has 0 unspecified atom stereocenters. The number of carbonyl (C=O) groups is 2. The van der Waals surface area contributed by atoms with Crippen molar-refractivity contribution in [3.8, 4) is 0 Å². The van der Waals surface area contributed by atoms with Gasteiger partial charge in [-0.2, -0.15) is 0 Å². The Balaban J connectivity index is 2.99. The second-order valence-electron chi connectivity index (χ2n) is 4.34. The number of rotatable bonds is 5. The van der Waals surface area contributed by atoms with E-state index in [0.717, 1.165) is 0 Å². The third-order valence-electron chi connectivity index (χ3n) is 2.63. The fraction of sp³-hybridized carbons (Fsp3) is 0.385. The molecule has 0 atom stereocenters. The largest absolute Gasteiger partial charge is 0.481 e. The van der Waals surface area contributed by atoms with Gasteiger partial charge in [0.25, 0.3) is 5.91 Å². The lowest BCUT2D eigenvalue weighted by Crippen LogP contribution is -2.38. The SMILES string of the molecule is CC(C)N(CCC(=O)O)C(=O)c1cccc(F)c1Br. The number of benzene rings is 1. The normalized spacial score (nSPS) is 10.6. The molecule has 1 amide bonds. The van der Waals surface area contributed by atoms with Crippen LogP contribution in [0, 0.1) is 5.82 Å². The lowest BCUT2D eigenvalue weighted by Gasteiger charge is -2.26. The number of nitrogens with zero attached hydrogens (tertiary/aromatic N) is 1. The van der Waals surface area contributed by atoms with E-state index in [9.17, 15) is 14.0 Å². The monoisotopic (exact) mass is 331 g/mol. The van der Waals surface area contributed by atoms with Crippen molar-refractivity contribution in [2.24, 2.45) is 0 Å². The van der Waals surface area contributed by atoms with E-state index in [4.69, 9.17) is 5.11 Å². The molecule has 1 N–H and O–H groups in total. The topological polar surface area (TPSA) is 57.6 Å². The van der Waals surface area contributed by atoms with Gasteiger partial charge in [0, 0.05) is 12.6 Å². The fourth-order valence-corrected chi connectivity index (χ4v) is 2.07. The van der Waals surface area contributed by atoms with Crippen molar-refractivity contribution in [2.75, 3.05) is 6.54 Å². The smallest absolute Gasteiger partial charge is 0.305 e. The number of halogens is 2. The molecule has 0 heterocycles. The van der Waals surface area contributed by atoms with E-state index in [2.05, 4.69) is 15.9 Å². The molecule has 0 radical (unpaired) electrons. The van der Waals surface area contributed by atoms with Crippen molar-refractivity contribution in [3.05, 3.63) is 34.1 Å². The van der Waals surface area contributed by atoms with Gasteiger partial charge in [0.15, 0.2) is 0 Å². The third-order valence-corrected chi connectivity index (χ3v) is 3.44. The van der Waals surface area contributed by atoms with E-state index in [-0.39, 0.29) is 35.0 Å². The van der Waals surface area contributed by atoms with Gasteiger partial charge in [-0.15, -0.1) is 0 Å². The molecule has 1 aromatic carbocycles. The van der Waals surface area contributed by atoms with Gasteiger partial charge >= 0.3 is 5.97 Å². The molecule has 4 nitrogen and oxygen atoms in total. The van der Waals surface area contributed by atoms with Crippen LogP contribution >= 0.6 is 15.9 Å². The maximum atomic E-state index is 13.4. The van der Waals surface area contributed by atoms with E-state index in [1.165, 1.54) is 23.1 Å². The minimum atomic E-state index is -0.975. The van der Waals surface area contributed by atoms with Crippen LogP contribution in [0.3, 0.4) is 0 Å². The molecule has 1 aromatic rings. The average Bonchev–Trinajstić information content (AvgIpc) is 2.31. The predicted octanol–water partition coefficient (Wildman–Crippen LogP) is 2.91. The lowest BCUT2D eigenvalue weighted by atomic mass is 10.1. The Morgan fingerprint density at radius 2 is 2.05 bits per heavy atom.